The molecule has 5 heterocycles. The van der Waals surface area contributed by atoms with Crippen LogP contribution in [-0.2, 0) is 0 Å². The van der Waals surface area contributed by atoms with Crippen molar-refractivity contribution < 1.29 is 4.42 Å². The fourth-order valence-electron chi connectivity index (χ4n) is 13.6. The molecule has 7 nitrogen and oxygen atoms in total. The number of hydrogen-bond donors (Lipinski definition) is 0. The SMILES string of the molecule is N#Cc1c(-n2c3ccccc3c3ccccc32)c(C#N)c(-n2c3ccccc3c3ccccc32)c(-n2c3cc(-c4ccccc4-c4ccccc4)ccc3c3ccc4c5ccccc5oc4c32)c1-n1c2ccccc2c2ccccc21. The first-order valence-electron chi connectivity index (χ1n) is 27.2. The Kier molecular flexibility index (Phi) is 9.42. The van der Waals surface area contributed by atoms with E-state index in [1.807, 2.05) is 24.3 Å². The highest BCUT2D eigenvalue weighted by Crippen LogP contribution is 2.51. The lowest BCUT2D eigenvalue weighted by atomic mass is 9.94. The van der Waals surface area contributed by atoms with Crippen LogP contribution < -0.4 is 0 Å². The minimum atomic E-state index is 0.335. The molecule has 0 bridgehead atoms. The molecule has 0 aliphatic carbocycles. The van der Waals surface area contributed by atoms with Crippen LogP contribution in [0.25, 0.3) is 154 Å². The minimum Gasteiger partial charge on any atom is -0.454 e. The van der Waals surface area contributed by atoms with Crippen molar-refractivity contribution in [2.45, 2.75) is 0 Å². The number of benzene rings is 12. The first-order valence-corrected chi connectivity index (χ1v) is 27.2. The van der Waals surface area contributed by atoms with Crippen LogP contribution in [-0.4, -0.2) is 18.3 Å². The van der Waals surface area contributed by atoms with Crippen LogP contribution in [0.4, 0.5) is 0 Å². The molecule has 7 heteroatoms. The largest absolute Gasteiger partial charge is 0.454 e. The van der Waals surface area contributed by atoms with Crippen molar-refractivity contribution in [1.29, 1.82) is 10.5 Å². The summed E-state index contributed by atoms with van der Waals surface area (Å²) in [6.45, 7) is 0. The number of furan rings is 1. The van der Waals surface area contributed by atoms with Gasteiger partial charge in [-0.05, 0) is 76.9 Å². The second-order valence-electron chi connectivity index (χ2n) is 20.9. The number of hydrogen-bond acceptors (Lipinski definition) is 3. The van der Waals surface area contributed by atoms with Crippen LogP contribution in [0, 0.1) is 22.7 Å². The molecule has 17 rings (SSSR count). The van der Waals surface area contributed by atoms with Crippen LogP contribution in [0.5, 0.6) is 0 Å². The summed E-state index contributed by atoms with van der Waals surface area (Å²) in [5, 5.41) is 35.4. The minimum absolute atomic E-state index is 0.335. The van der Waals surface area contributed by atoms with Gasteiger partial charge >= 0.3 is 0 Å². The van der Waals surface area contributed by atoms with Gasteiger partial charge in [0, 0.05) is 53.9 Å². The van der Waals surface area contributed by atoms with Gasteiger partial charge in [-0.3, -0.25) is 0 Å². The summed E-state index contributed by atoms with van der Waals surface area (Å²) in [5.74, 6) is 0. The lowest BCUT2D eigenvalue weighted by Gasteiger charge is -2.27. The highest BCUT2D eigenvalue weighted by atomic mass is 16.3. The maximum absolute atomic E-state index is 12.7. The maximum atomic E-state index is 12.7. The standard InChI is InChI=1S/C74H42N6O/c75-43-59-69(77-61-31-13-6-24-49(61)50-25-7-14-32-62(50)77)60(44-76)71(79-65-35-17-10-28-53(65)54-29-11-18-36-66(54)79)73(70(59)78-63-33-15-8-26-51(63)52-27-9-16-34-64(52)78)80-67-42-46(48-23-5-4-22-47(48)45-20-2-1-3-21-45)38-39-55(67)57-40-41-58-56-30-12-19-37-68(56)81-74(58)72(57)80/h1-42H. The van der Waals surface area contributed by atoms with Crippen LogP contribution in [0.2, 0.25) is 0 Å². The molecule has 81 heavy (non-hydrogen) atoms. The second-order valence-corrected chi connectivity index (χ2v) is 20.9. The average molecular weight is 1030 g/mol. The van der Waals surface area contributed by atoms with Gasteiger partial charge in [-0.2, -0.15) is 10.5 Å². The number of rotatable bonds is 6. The molecular weight excluding hydrogens is 989 g/mol. The molecule has 374 valence electrons. The molecule has 17 aromatic rings. The van der Waals surface area contributed by atoms with Gasteiger partial charge in [0.05, 0.1) is 66.9 Å². The Hall–Kier alpha value is -11.4. The predicted octanol–water partition coefficient (Wildman–Crippen LogP) is 19.1. The number of nitrogens with zero attached hydrogens (tertiary/aromatic N) is 6. The average Bonchev–Trinajstić information content (AvgIpc) is 2.66. The highest BCUT2D eigenvalue weighted by molar-refractivity contribution is 6.23. The van der Waals surface area contributed by atoms with Gasteiger partial charge in [-0.1, -0.05) is 200 Å². The lowest BCUT2D eigenvalue weighted by Crippen LogP contribution is -2.17. The number of fused-ring (bicyclic) bond motifs is 16. The Labute approximate surface area is 463 Å². The van der Waals surface area contributed by atoms with Gasteiger partial charge in [0.25, 0.3) is 0 Å². The predicted molar refractivity (Wildman–Crippen MR) is 331 cm³/mol. The summed E-state index contributed by atoms with van der Waals surface area (Å²) in [4.78, 5) is 0. The molecule has 0 spiro atoms. The van der Waals surface area contributed by atoms with Gasteiger partial charge in [-0.15, -0.1) is 0 Å². The van der Waals surface area contributed by atoms with E-state index >= 15 is 0 Å². The van der Waals surface area contributed by atoms with E-state index in [2.05, 4.69) is 261 Å². The molecule has 0 N–H and O–H groups in total. The van der Waals surface area contributed by atoms with E-state index in [-0.39, 0.29) is 0 Å². The second kappa shape index (κ2) is 17.1. The van der Waals surface area contributed by atoms with Gasteiger partial charge in [0.1, 0.15) is 28.8 Å². The van der Waals surface area contributed by atoms with Crippen LogP contribution in [0.15, 0.2) is 259 Å². The Morgan fingerprint density at radius 3 is 1.12 bits per heavy atom. The van der Waals surface area contributed by atoms with E-state index in [9.17, 15) is 10.5 Å². The zero-order valence-corrected chi connectivity index (χ0v) is 43.3. The Bertz CT molecular complexity index is 5320. The van der Waals surface area contributed by atoms with E-state index in [4.69, 9.17) is 4.42 Å². The molecular formula is C74H42N6O. The summed E-state index contributed by atoms with van der Waals surface area (Å²) < 4.78 is 16.3. The van der Waals surface area contributed by atoms with Crippen molar-refractivity contribution in [2.75, 3.05) is 0 Å². The fourth-order valence-corrected chi connectivity index (χ4v) is 13.6. The molecule has 0 amide bonds. The van der Waals surface area contributed by atoms with Gasteiger partial charge in [0.15, 0.2) is 5.58 Å². The Morgan fingerprint density at radius 1 is 0.272 bits per heavy atom. The van der Waals surface area contributed by atoms with Crippen molar-refractivity contribution in [2.24, 2.45) is 0 Å². The van der Waals surface area contributed by atoms with Gasteiger partial charge < -0.3 is 22.7 Å². The van der Waals surface area contributed by atoms with Crippen LogP contribution in [0.1, 0.15) is 11.1 Å². The molecule has 12 aromatic carbocycles. The zero-order valence-electron chi connectivity index (χ0n) is 43.3. The topological polar surface area (TPSA) is 80.4 Å². The lowest BCUT2D eigenvalue weighted by molar-refractivity contribution is 0.671. The van der Waals surface area contributed by atoms with Crippen molar-refractivity contribution in [1.82, 2.24) is 18.3 Å². The van der Waals surface area contributed by atoms with E-state index in [0.29, 0.717) is 39.5 Å². The Balaban J connectivity index is 1.19. The summed E-state index contributed by atoms with van der Waals surface area (Å²) >= 11 is 0. The smallest absolute Gasteiger partial charge is 0.160 e. The molecule has 0 unspecified atom stereocenters. The van der Waals surface area contributed by atoms with Gasteiger partial charge in [0.2, 0.25) is 0 Å². The molecule has 5 aromatic heterocycles. The number of aromatic nitrogens is 4. The summed E-state index contributed by atoms with van der Waals surface area (Å²) in [5.41, 5.74) is 15.9. The first kappa shape index (κ1) is 44.7. The molecule has 0 radical (unpaired) electrons. The first-order chi connectivity index (χ1) is 40.2. The van der Waals surface area contributed by atoms with Crippen LogP contribution >= 0.6 is 0 Å². The summed E-state index contributed by atoms with van der Waals surface area (Å²) in [7, 11) is 0. The molecule has 0 aliphatic heterocycles. The number of nitriles is 2. The van der Waals surface area contributed by atoms with Crippen molar-refractivity contribution in [3.63, 3.8) is 0 Å². The molecule has 0 saturated heterocycles. The number of para-hydroxylation sites is 7. The third kappa shape index (κ3) is 6.15. The third-order valence-electron chi connectivity index (χ3n) is 16.9. The summed E-state index contributed by atoms with van der Waals surface area (Å²) in [6.07, 6.45) is 0. The van der Waals surface area contributed by atoms with E-state index in [1.165, 1.54) is 0 Å². The van der Waals surface area contributed by atoms with Crippen LogP contribution in [0.3, 0.4) is 0 Å². The summed E-state index contributed by atoms with van der Waals surface area (Å²) in [6, 6.07) is 94.9. The fraction of sp³-hybridized carbons (Fsp3) is 0. The van der Waals surface area contributed by atoms with Crippen molar-refractivity contribution in [3.05, 3.63) is 266 Å². The highest BCUT2D eigenvalue weighted by Gasteiger charge is 2.35. The molecule has 0 saturated carbocycles. The van der Waals surface area contributed by atoms with Gasteiger partial charge in [-0.25, -0.2) is 0 Å². The zero-order chi connectivity index (χ0) is 53.4. The van der Waals surface area contributed by atoms with E-state index < -0.39 is 0 Å². The molecule has 0 fully saturated rings. The quantitative estimate of drug-likeness (QED) is 0.166. The Morgan fingerprint density at radius 2 is 0.642 bits per heavy atom. The molecule has 0 aliphatic rings. The maximum Gasteiger partial charge on any atom is 0.160 e. The van der Waals surface area contributed by atoms with E-state index in [1.54, 1.807) is 0 Å². The normalized spacial score (nSPS) is 11.9. The molecule has 0 atom stereocenters. The van der Waals surface area contributed by atoms with E-state index in [0.717, 1.165) is 126 Å². The third-order valence-corrected chi connectivity index (χ3v) is 16.9. The van der Waals surface area contributed by atoms with Crippen molar-refractivity contribution in [3.8, 4) is 57.1 Å². The van der Waals surface area contributed by atoms with Crippen molar-refractivity contribution >= 4 is 109 Å². The monoisotopic (exact) mass is 1030 g/mol.